The Bertz CT molecular complexity index is 1570. The molecule has 38 heavy (non-hydrogen) atoms. The van der Waals surface area contributed by atoms with Crippen molar-refractivity contribution in [2.24, 2.45) is 0 Å². The zero-order chi connectivity index (χ0) is 28.2. The van der Waals surface area contributed by atoms with Gasteiger partial charge in [-0.25, -0.2) is 4.79 Å². The number of hydrogen-bond acceptors (Lipinski definition) is 4. The van der Waals surface area contributed by atoms with Gasteiger partial charge in [0.25, 0.3) is 6.47 Å². The molecule has 6 heteroatoms. The van der Waals surface area contributed by atoms with Crippen molar-refractivity contribution >= 4 is 19.3 Å². The molecule has 0 saturated heterocycles. The Kier molecular flexibility index (Phi) is 14.1. The summed E-state index contributed by atoms with van der Waals surface area (Å²) < 4.78 is 5.08. The van der Waals surface area contributed by atoms with E-state index in [2.05, 4.69) is 93.5 Å². The third-order valence-electron chi connectivity index (χ3n) is 4.82. The molecule has 0 aliphatic carbocycles. The number of rotatable bonds is 5. The van der Waals surface area contributed by atoms with E-state index in [0.717, 1.165) is 28.0 Å². The van der Waals surface area contributed by atoms with Gasteiger partial charge in [-0.15, -0.1) is 0 Å². The molecule has 0 bridgehead atoms. The van der Waals surface area contributed by atoms with Crippen LogP contribution in [0.2, 0.25) is 0 Å². The van der Waals surface area contributed by atoms with Crippen LogP contribution in [0.3, 0.4) is 0 Å². The lowest BCUT2D eigenvalue weighted by Crippen LogP contribution is -2.44. The molecule has 2 rings (SSSR count). The number of aryl methyl sites for hydroxylation is 1. The molecule has 0 spiro atoms. The first-order valence-corrected chi connectivity index (χ1v) is 11.1. The van der Waals surface area contributed by atoms with E-state index in [1.807, 2.05) is 38.8 Å². The molecule has 0 fully saturated rings. The van der Waals surface area contributed by atoms with E-state index in [1.54, 1.807) is 13.8 Å². The number of hydrogen-bond donors (Lipinski definition) is 2. The monoisotopic (exact) mass is 522 g/mol. The molecule has 2 amide bonds. The van der Waals surface area contributed by atoms with Crippen LogP contribution in [0, 0.1) is 89.8 Å². The van der Waals surface area contributed by atoms with Crippen LogP contribution in [0.25, 0.3) is 0 Å². The van der Waals surface area contributed by atoms with Crippen LogP contribution in [0.5, 0.6) is 0 Å². The molecule has 2 atom stereocenters. The predicted octanol–water partition coefficient (Wildman–Crippen LogP) is 5.49. The summed E-state index contributed by atoms with van der Waals surface area (Å²) in [5, 5.41) is 5.76. The maximum absolute atomic E-state index is 12.3. The molecule has 1 aliphatic rings. The molecule has 1 aromatic rings. The van der Waals surface area contributed by atoms with E-state index >= 15 is 0 Å². The van der Waals surface area contributed by atoms with Crippen LogP contribution in [0.15, 0.2) is 29.5 Å². The number of ether oxygens (including phenoxy) is 1. The lowest BCUT2D eigenvalue weighted by Gasteiger charge is -2.32. The average Bonchev–Trinajstić information content (AvgIpc) is 2.90. The Balaban J connectivity index is -0.000000121. The van der Waals surface area contributed by atoms with Crippen LogP contribution < -0.4 is 10.6 Å². The van der Waals surface area contributed by atoms with Gasteiger partial charge in [-0.2, -0.15) is 0 Å². The average molecular weight is 523 g/mol. The van der Waals surface area contributed by atoms with Crippen LogP contribution >= 0.6 is 0 Å². The van der Waals surface area contributed by atoms with Gasteiger partial charge in [0, 0.05) is 33.4 Å². The molecule has 208 valence electrons. The molecule has 0 aromatic heterocycles. The fourth-order valence-electron chi connectivity index (χ4n) is 3.34. The molecule has 1 aromatic carbocycles. The normalized spacial score (nSPS) is 12.7. The third-order valence-corrected chi connectivity index (χ3v) is 4.82. The Morgan fingerprint density at radius 2 is 1.53 bits per heavy atom. The maximum atomic E-state index is 12.3. The zero-order valence-electron chi connectivity index (χ0n) is 21.5. The molecular weight excluding hydrogens is 476 g/mol. The highest BCUT2D eigenvalue weighted by Crippen LogP contribution is 2.33. The number of nitrogens with one attached hydrogen (secondary N) is 2. The van der Waals surface area contributed by atoms with Crippen LogP contribution in [-0.4, -0.2) is 25.4 Å². The van der Waals surface area contributed by atoms with Gasteiger partial charge >= 0.3 is 6.03 Å². The summed E-state index contributed by atoms with van der Waals surface area (Å²) in [6.07, 6.45) is 0.0938. The standard InChI is InChI=1S/C31H22N2O3.CH2O.11H2/c1-5-6-7-8-9-10-11-12-13-14-15-16-17-20-27-21-18-19-24(2)29(27)30-28(22-25(3)36-23-34)26(4)32-31(35)33-30;1-2;;;;;;;;;;;/h18-19,21,23,25,30H,22H2,1-4H3,(H2,32,33,35);1H2;11*1H. The van der Waals surface area contributed by atoms with Crippen LogP contribution in [-0.2, 0) is 14.3 Å². The van der Waals surface area contributed by atoms with Crippen molar-refractivity contribution in [3.63, 3.8) is 0 Å². The van der Waals surface area contributed by atoms with Gasteiger partial charge < -0.3 is 20.2 Å². The fraction of sp³-hybridized carbons (Fsp3) is 0.219. The van der Waals surface area contributed by atoms with E-state index < -0.39 is 6.04 Å². The molecule has 0 radical (unpaired) electrons. The number of benzene rings is 1. The third kappa shape index (κ3) is 10.3. The van der Waals surface area contributed by atoms with E-state index in [1.165, 1.54) is 0 Å². The van der Waals surface area contributed by atoms with Gasteiger partial charge in [-0.1, -0.05) is 24.0 Å². The molecule has 1 aliphatic heterocycles. The molecule has 2 N–H and O–H groups in total. The predicted molar refractivity (Wildman–Crippen MR) is 169 cm³/mol. The second-order valence-corrected chi connectivity index (χ2v) is 7.34. The Morgan fingerprint density at radius 1 is 0.974 bits per heavy atom. The van der Waals surface area contributed by atoms with Gasteiger partial charge in [-0.3, -0.25) is 4.79 Å². The van der Waals surface area contributed by atoms with Gasteiger partial charge in [0.15, 0.2) is 0 Å². The van der Waals surface area contributed by atoms with Crippen molar-refractivity contribution in [2.45, 2.75) is 46.3 Å². The maximum Gasteiger partial charge on any atom is 0.319 e. The zero-order valence-corrected chi connectivity index (χ0v) is 21.5. The lowest BCUT2D eigenvalue weighted by molar-refractivity contribution is -0.132. The molecule has 0 saturated carbocycles. The van der Waals surface area contributed by atoms with Gasteiger partial charge in [0.05, 0.1) is 6.04 Å². The second-order valence-electron chi connectivity index (χ2n) is 7.34. The number of carbonyl (C=O) groups excluding carboxylic acids is 3. The van der Waals surface area contributed by atoms with Crippen molar-refractivity contribution < 1.29 is 34.8 Å². The largest absolute Gasteiger partial charge is 0.465 e. The second kappa shape index (κ2) is 17.7. The van der Waals surface area contributed by atoms with Gasteiger partial charge in [-0.05, 0) is 122 Å². The number of urea groups is 1. The lowest BCUT2D eigenvalue weighted by atomic mass is 9.86. The first-order valence-electron chi connectivity index (χ1n) is 11.1. The fourth-order valence-corrected chi connectivity index (χ4v) is 3.34. The van der Waals surface area contributed by atoms with Crippen LogP contribution in [0.1, 0.15) is 65.6 Å². The highest BCUT2D eigenvalue weighted by molar-refractivity contribution is 5.79. The van der Waals surface area contributed by atoms with Crippen molar-refractivity contribution in [2.75, 3.05) is 0 Å². The smallest absolute Gasteiger partial charge is 0.319 e. The summed E-state index contributed by atoms with van der Waals surface area (Å²) in [6.45, 7) is 9.69. The number of amides is 2. The quantitative estimate of drug-likeness (QED) is 0.396. The van der Waals surface area contributed by atoms with Crippen LogP contribution in [0.4, 0.5) is 4.79 Å². The highest BCUT2D eigenvalue weighted by Gasteiger charge is 2.30. The highest BCUT2D eigenvalue weighted by atomic mass is 16.5. The van der Waals surface area contributed by atoms with Crippen molar-refractivity contribution in [1.29, 1.82) is 0 Å². The summed E-state index contributed by atoms with van der Waals surface area (Å²) in [5.41, 5.74) is 4.17. The summed E-state index contributed by atoms with van der Waals surface area (Å²) in [7, 11) is 0. The number of carbonyl (C=O) groups is 3. The molecular formula is C32H46N2O4. The molecule has 1 heterocycles. The van der Waals surface area contributed by atoms with E-state index in [0.29, 0.717) is 12.9 Å². The summed E-state index contributed by atoms with van der Waals surface area (Å²) in [5.74, 6) is 36.9. The first-order chi connectivity index (χ1) is 18.5. The Morgan fingerprint density at radius 3 is 2.08 bits per heavy atom. The van der Waals surface area contributed by atoms with Gasteiger partial charge in [0.1, 0.15) is 12.9 Å². The molecule has 2 unspecified atom stereocenters. The SMILES string of the molecule is C=O.CC#CC#CC#CC#CC#CC#CC#Cc1cccc(C)c1C1NC(=O)NC(C)=C1CC(C)OC=O.[HH].[HH].[HH].[HH].[HH].[HH].[HH].[HH].[HH].[HH].[HH]. The Labute approximate surface area is 240 Å². The summed E-state index contributed by atoms with van der Waals surface area (Å²) in [4.78, 5) is 31.0. The minimum absolute atomic E-state index is 0. The van der Waals surface area contributed by atoms with E-state index in [4.69, 9.17) is 9.53 Å². The summed E-state index contributed by atoms with van der Waals surface area (Å²) >= 11 is 0. The minimum atomic E-state index is -0.426. The summed E-state index contributed by atoms with van der Waals surface area (Å²) in [6, 6.07) is 4.98. The van der Waals surface area contributed by atoms with Crippen molar-refractivity contribution in [1.82, 2.24) is 10.6 Å². The molecule has 6 nitrogen and oxygen atoms in total. The van der Waals surface area contributed by atoms with E-state index in [-0.39, 0.29) is 27.8 Å². The topological polar surface area (TPSA) is 84.5 Å². The van der Waals surface area contributed by atoms with Gasteiger partial charge in [0.2, 0.25) is 0 Å². The number of allylic oxidation sites excluding steroid dienone is 1. The minimum Gasteiger partial charge on any atom is -0.465 e. The first kappa shape index (κ1) is 30.3. The Hall–Kier alpha value is -5.71. The van der Waals surface area contributed by atoms with Crippen molar-refractivity contribution in [3.05, 3.63) is 46.2 Å². The van der Waals surface area contributed by atoms with Crippen molar-refractivity contribution in [3.8, 4) is 82.9 Å². The van der Waals surface area contributed by atoms with E-state index in [9.17, 15) is 9.59 Å².